The van der Waals surface area contributed by atoms with E-state index in [1.807, 2.05) is 62.4 Å². The number of hydrogen-bond donors (Lipinski definition) is 0. The van der Waals surface area contributed by atoms with Crippen LogP contribution in [-0.2, 0) is 4.79 Å². The molecule has 0 heterocycles. The second kappa shape index (κ2) is 6.24. The topological polar surface area (TPSA) is 29.5 Å². The lowest BCUT2D eigenvalue weighted by Gasteiger charge is -2.23. The minimum absolute atomic E-state index is 0.0107. The van der Waals surface area contributed by atoms with E-state index >= 15 is 0 Å². The quantitative estimate of drug-likeness (QED) is 0.837. The van der Waals surface area contributed by atoms with Gasteiger partial charge in [0.15, 0.2) is 0 Å². The SMILES string of the molecule is CCOc1ccc(N(C(C)=O)c2ccccc2)c(C)c1. The van der Waals surface area contributed by atoms with Gasteiger partial charge in [-0.05, 0) is 49.7 Å². The molecule has 0 aromatic heterocycles. The average Bonchev–Trinajstić information content (AvgIpc) is 2.43. The van der Waals surface area contributed by atoms with E-state index in [9.17, 15) is 4.79 Å². The molecule has 2 rings (SSSR count). The molecule has 0 radical (unpaired) electrons. The molecule has 0 spiro atoms. The smallest absolute Gasteiger partial charge is 0.228 e. The average molecular weight is 269 g/mol. The molecule has 0 aliphatic heterocycles. The Morgan fingerprint density at radius 3 is 2.40 bits per heavy atom. The van der Waals surface area contributed by atoms with Gasteiger partial charge in [-0.1, -0.05) is 18.2 Å². The number of amides is 1. The van der Waals surface area contributed by atoms with Crippen molar-refractivity contribution >= 4 is 17.3 Å². The van der Waals surface area contributed by atoms with Crippen LogP contribution in [0, 0.1) is 6.92 Å². The zero-order valence-electron chi connectivity index (χ0n) is 12.1. The van der Waals surface area contributed by atoms with Crippen molar-refractivity contribution in [2.75, 3.05) is 11.5 Å². The first-order chi connectivity index (χ1) is 9.63. The van der Waals surface area contributed by atoms with Crippen LogP contribution < -0.4 is 9.64 Å². The van der Waals surface area contributed by atoms with Crippen LogP contribution in [0.2, 0.25) is 0 Å². The van der Waals surface area contributed by atoms with Crippen molar-refractivity contribution in [2.24, 2.45) is 0 Å². The van der Waals surface area contributed by atoms with Crippen LogP contribution in [-0.4, -0.2) is 12.5 Å². The first kappa shape index (κ1) is 14.1. The summed E-state index contributed by atoms with van der Waals surface area (Å²) in [5.74, 6) is 0.814. The summed E-state index contributed by atoms with van der Waals surface area (Å²) in [6, 6.07) is 15.4. The molecular weight excluding hydrogens is 250 g/mol. The predicted octanol–water partition coefficient (Wildman–Crippen LogP) is 4.08. The molecule has 0 saturated heterocycles. The van der Waals surface area contributed by atoms with Crippen molar-refractivity contribution in [3.63, 3.8) is 0 Å². The molecule has 104 valence electrons. The van der Waals surface area contributed by atoms with Crippen molar-refractivity contribution in [1.29, 1.82) is 0 Å². The normalized spacial score (nSPS) is 10.2. The number of carbonyl (C=O) groups excluding carboxylic acids is 1. The summed E-state index contributed by atoms with van der Waals surface area (Å²) in [4.78, 5) is 13.7. The minimum Gasteiger partial charge on any atom is -0.494 e. The fourth-order valence-corrected chi connectivity index (χ4v) is 2.20. The Kier molecular flexibility index (Phi) is 4.41. The van der Waals surface area contributed by atoms with Crippen LogP contribution in [0.4, 0.5) is 11.4 Å². The van der Waals surface area contributed by atoms with Crippen molar-refractivity contribution < 1.29 is 9.53 Å². The summed E-state index contributed by atoms with van der Waals surface area (Å²) in [5.41, 5.74) is 2.76. The molecule has 0 aliphatic carbocycles. The van der Waals surface area contributed by atoms with Crippen LogP contribution in [0.15, 0.2) is 48.5 Å². The Bertz CT molecular complexity index is 593. The number of aryl methyl sites for hydroxylation is 1. The second-order valence-corrected chi connectivity index (χ2v) is 4.57. The number of ether oxygens (including phenoxy) is 1. The van der Waals surface area contributed by atoms with Gasteiger partial charge in [-0.2, -0.15) is 0 Å². The summed E-state index contributed by atoms with van der Waals surface area (Å²) >= 11 is 0. The van der Waals surface area contributed by atoms with E-state index in [1.54, 1.807) is 11.8 Å². The standard InChI is InChI=1S/C17H19NO2/c1-4-20-16-10-11-17(13(2)12-16)18(14(3)19)15-8-6-5-7-9-15/h5-12H,4H2,1-3H3. The van der Waals surface area contributed by atoms with Gasteiger partial charge in [-0.15, -0.1) is 0 Å². The van der Waals surface area contributed by atoms with Gasteiger partial charge in [0.1, 0.15) is 5.75 Å². The number of anilines is 2. The number of para-hydroxylation sites is 1. The second-order valence-electron chi connectivity index (χ2n) is 4.57. The van der Waals surface area contributed by atoms with Crippen LogP contribution in [0.3, 0.4) is 0 Å². The van der Waals surface area contributed by atoms with Crippen molar-refractivity contribution in [3.8, 4) is 5.75 Å². The number of carbonyl (C=O) groups is 1. The molecule has 0 fully saturated rings. The molecule has 3 heteroatoms. The summed E-state index contributed by atoms with van der Waals surface area (Å²) in [5, 5.41) is 0. The fourth-order valence-electron chi connectivity index (χ4n) is 2.20. The molecule has 0 atom stereocenters. The maximum atomic E-state index is 12.0. The third-order valence-corrected chi connectivity index (χ3v) is 3.05. The first-order valence-corrected chi connectivity index (χ1v) is 6.72. The molecule has 20 heavy (non-hydrogen) atoms. The van der Waals surface area contributed by atoms with Gasteiger partial charge in [0.25, 0.3) is 0 Å². The molecule has 0 saturated carbocycles. The van der Waals surface area contributed by atoms with Gasteiger partial charge >= 0.3 is 0 Å². The Hall–Kier alpha value is -2.29. The van der Waals surface area contributed by atoms with Crippen molar-refractivity contribution in [2.45, 2.75) is 20.8 Å². The van der Waals surface area contributed by atoms with Gasteiger partial charge in [0.2, 0.25) is 5.91 Å². The lowest BCUT2D eigenvalue weighted by atomic mass is 10.1. The number of benzene rings is 2. The molecule has 3 nitrogen and oxygen atoms in total. The monoisotopic (exact) mass is 269 g/mol. The van der Waals surface area contributed by atoms with E-state index in [-0.39, 0.29) is 5.91 Å². The molecule has 0 unspecified atom stereocenters. The van der Waals surface area contributed by atoms with Gasteiger partial charge < -0.3 is 4.74 Å². The van der Waals surface area contributed by atoms with E-state index in [4.69, 9.17) is 4.74 Å². The maximum Gasteiger partial charge on any atom is 0.228 e. The molecule has 2 aromatic rings. The maximum absolute atomic E-state index is 12.0. The third-order valence-electron chi connectivity index (χ3n) is 3.05. The first-order valence-electron chi connectivity index (χ1n) is 6.72. The number of rotatable bonds is 4. The highest BCUT2D eigenvalue weighted by Crippen LogP contribution is 2.30. The highest BCUT2D eigenvalue weighted by atomic mass is 16.5. The summed E-state index contributed by atoms with van der Waals surface area (Å²) in [6.07, 6.45) is 0. The third kappa shape index (κ3) is 2.99. The van der Waals surface area contributed by atoms with Gasteiger partial charge in [0.05, 0.1) is 12.3 Å². The molecular formula is C17H19NO2. The number of nitrogens with zero attached hydrogens (tertiary/aromatic N) is 1. The van der Waals surface area contributed by atoms with Crippen molar-refractivity contribution in [3.05, 3.63) is 54.1 Å². The summed E-state index contributed by atoms with van der Waals surface area (Å²) in [6.45, 7) is 6.14. The van der Waals surface area contributed by atoms with E-state index in [1.165, 1.54) is 0 Å². The summed E-state index contributed by atoms with van der Waals surface area (Å²) < 4.78 is 5.48. The van der Waals surface area contributed by atoms with Crippen LogP contribution in [0.25, 0.3) is 0 Å². The molecule has 2 aromatic carbocycles. The molecule has 0 aliphatic rings. The van der Waals surface area contributed by atoms with Crippen molar-refractivity contribution in [1.82, 2.24) is 0 Å². The zero-order chi connectivity index (χ0) is 14.5. The van der Waals surface area contributed by atoms with E-state index < -0.39 is 0 Å². The fraction of sp³-hybridized carbons (Fsp3) is 0.235. The van der Waals surface area contributed by atoms with Crippen LogP contribution in [0.5, 0.6) is 5.75 Å². The van der Waals surface area contributed by atoms with Gasteiger partial charge in [-0.25, -0.2) is 0 Å². The lowest BCUT2D eigenvalue weighted by molar-refractivity contribution is -0.115. The Labute approximate surface area is 119 Å². The highest BCUT2D eigenvalue weighted by molar-refractivity contribution is 5.99. The van der Waals surface area contributed by atoms with Gasteiger partial charge in [-0.3, -0.25) is 9.69 Å². The highest BCUT2D eigenvalue weighted by Gasteiger charge is 2.16. The Morgan fingerprint density at radius 1 is 1.15 bits per heavy atom. The van der Waals surface area contributed by atoms with E-state index in [0.29, 0.717) is 6.61 Å². The predicted molar refractivity (Wildman–Crippen MR) is 81.6 cm³/mol. The Morgan fingerprint density at radius 2 is 1.85 bits per heavy atom. The van der Waals surface area contributed by atoms with Crippen LogP contribution in [0.1, 0.15) is 19.4 Å². The largest absolute Gasteiger partial charge is 0.494 e. The molecule has 0 bridgehead atoms. The van der Waals surface area contributed by atoms with Gasteiger partial charge in [0, 0.05) is 12.6 Å². The minimum atomic E-state index is -0.0107. The van der Waals surface area contributed by atoms with E-state index in [2.05, 4.69) is 0 Å². The lowest BCUT2D eigenvalue weighted by Crippen LogP contribution is -2.23. The molecule has 0 N–H and O–H groups in total. The molecule has 1 amide bonds. The summed E-state index contributed by atoms with van der Waals surface area (Å²) in [7, 11) is 0. The van der Waals surface area contributed by atoms with E-state index in [0.717, 1.165) is 22.7 Å². The number of hydrogen-bond acceptors (Lipinski definition) is 2. The van der Waals surface area contributed by atoms with Crippen LogP contribution >= 0.6 is 0 Å². The Balaban J connectivity index is 2.43. The zero-order valence-corrected chi connectivity index (χ0v) is 12.1.